The number of nitrogens with one attached hydrogen (secondary N) is 1. The first-order valence-corrected chi connectivity index (χ1v) is 9.42. The Morgan fingerprint density at radius 1 is 1.18 bits per heavy atom. The van der Waals surface area contributed by atoms with Crippen molar-refractivity contribution in [2.75, 3.05) is 6.54 Å². The molecule has 7 nitrogen and oxygen atoms in total. The number of ketones is 2. The van der Waals surface area contributed by atoms with E-state index in [0.717, 1.165) is 6.42 Å². The van der Waals surface area contributed by atoms with Gasteiger partial charge in [-0.05, 0) is 24.5 Å². The van der Waals surface area contributed by atoms with Gasteiger partial charge in [-0.3, -0.25) is 14.4 Å². The molecule has 3 rings (SSSR count). The van der Waals surface area contributed by atoms with Gasteiger partial charge < -0.3 is 4.74 Å². The standard InChI is InChI=1S/C19H17Cl2N3O4/c1-3-9(2)11-6-17(22-8-15(11)26)28-19-12(20)4-10(5-13(19)21)18-14(25)7-16(27)23-24-18/h4-6,9H,3,7-8H2,1-2H3,(H,23,27)/t9-/m1/s1. The molecule has 0 aliphatic carbocycles. The predicted molar refractivity (Wildman–Crippen MR) is 106 cm³/mol. The number of benzene rings is 1. The summed E-state index contributed by atoms with van der Waals surface area (Å²) in [6, 6.07) is 2.95. The number of amides is 1. The van der Waals surface area contributed by atoms with E-state index in [9.17, 15) is 14.4 Å². The number of hydrazone groups is 1. The Balaban J connectivity index is 1.88. The van der Waals surface area contributed by atoms with Crippen LogP contribution in [0.25, 0.3) is 0 Å². The molecule has 28 heavy (non-hydrogen) atoms. The van der Waals surface area contributed by atoms with Gasteiger partial charge in [0.2, 0.25) is 11.8 Å². The van der Waals surface area contributed by atoms with Crippen LogP contribution in [0.5, 0.6) is 5.75 Å². The van der Waals surface area contributed by atoms with Gasteiger partial charge in [0.05, 0.1) is 16.5 Å². The van der Waals surface area contributed by atoms with Gasteiger partial charge in [0.15, 0.2) is 17.3 Å². The molecule has 2 heterocycles. The topological polar surface area (TPSA) is 97.2 Å². The summed E-state index contributed by atoms with van der Waals surface area (Å²) in [6.45, 7) is 3.96. The van der Waals surface area contributed by atoms with Crippen LogP contribution in [-0.2, 0) is 14.4 Å². The molecular formula is C19H17Cl2N3O4. The lowest BCUT2D eigenvalue weighted by Gasteiger charge is -2.18. The highest BCUT2D eigenvalue weighted by Crippen LogP contribution is 2.35. The lowest BCUT2D eigenvalue weighted by atomic mass is 9.93. The Bertz CT molecular complexity index is 943. The van der Waals surface area contributed by atoms with Crippen LogP contribution in [0.3, 0.4) is 0 Å². The van der Waals surface area contributed by atoms with Crippen LogP contribution in [0.2, 0.25) is 10.0 Å². The fraction of sp³-hybridized carbons (Fsp3) is 0.316. The van der Waals surface area contributed by atoms with E-state index in [0.29, 0.717) is 11.1 Å². The van der Waals surface area contributed by atoms with Gasteiger partial charge >= 0.3 is 0 Å². The monoisotopic (exact) mass is 421 g/mol. The van der Waals surface area contributed by atoms with E-state index in [2.05, 4.69) is 15.5 Å². The van der Waals surface area contributed by atoms with Crippen molar-refractivity contribution in [1.29, 1.82) is 0 Å². The molecule has 0 spiro atoms. The van der Waals surface area contributed by atoms with E-state index in [4.69, 9.17) is 27.9 Å². The molecule has 1 aromatic carbocycles. The van der Waals surface area contributed by atoms with Gasteiger partial charge in [-0.15, -0.1) is 0 Å². The second kappa shape index (κ2) is 8.24. The molecule has 0 saturated carbocycles. The summed E-state index contributed by atoms with van der Waals surface area (Å²) in [5, 5.41) is 4.07. The van der Waals surface area contributed by atoms with E-state index in [-0.39, 0.29) is 52.1 Å². The number of rotatable bonds is 4. The van der Waals surface area contributed by atoms with Crippen molar-refractivity contribution in [3.05, 3.63) is 39.4 Å². The lowest BCUT2D eigenvalue weighted by Crippen LogP contribution is -2.33. The molecule has 9 heteroatoms. The Morgan fingerprint density at radius 2 is 1.86 bits per heavy atom. The van der Waals surface area contributed by atoms with Crippen LogP contribution >= 0.6 is 23.2 Å². The molecule has 0 bridgehead atoms. The number of dihydropyridines is 1. The maximum absolute atomic E-state index is 12.0. The Kier molecular flexibility index (Phi) is 5.96. The molecule has 2 aliphatic rings. The number of ether oxygens (including phenoxy) is 1. The first kappa shape index (κ1) is 20.2. The summed E-state index contributed by atoms with van der Waals surface area (Å²) < 4.78 is 5.74. The highest BCUT2D eigenvalue weighted by atomic mass is 35.5. The molecular weight excluding hydrogens is 405 g/mol. The summed E-state index contributed by atoms with van der Waals surface area (Å²) in [7, 11) is 0. The van der Waals surface area contributed by atoms with Crippen molar-refractivity contribution < 1.29 is 19.1 Å². The van der Waals surface area contributed by atoms with Crippen molar-refractivity contribution >= 4 is 52.3 Å². The quantitative estimate of drug-likeness (QED) is 0.754. The van der Waals surface area contributed by atoms with E-state index >= 15 is 0 Å². The number of Topliss-reactive ketones (excluding diaryl/α,β-unsaturated/α-hetero) is 2. The summed E-state index contributed by atoms with van der Waals surface area (Å²) in [5.74, 6) is -0.455. The molecule has 0 saturated heterocycles. The normalized spacial score (nSPS) is 18.1. The second-order valence-electron chi connectivity index (χ2n) is 6.45. The molecule has 0 fully saturated rings. The SMILES string of the molecule is CC[C@@H](C)C1=CC(Oc2c(Cl)cc(C3=NNC(=O)CC3=O)cc2Cl)=NCC1=O. The number of nitrogens with zero attached hydrogens (tertiary/aromatic N) is 2. The first-order chi connectivity index (χ1) is 13.3. The summed E-state index contributed by atoms with van der Waals surface area (Å²) >= 11 is 12.6. The van der Waals surface area contributed by atoms with Crippen LogP contribution in [0.1, 0.15) is 32.3 Å². The molecule has 1 N–H and O–H groups in total. The first-order valence-electron chi connectivity index (χ1n) is 8.66. The number of carbonyl (C=O) groups excluding carboxylic acids is 3. The van der Waals surface area contributed by atoms with Crippen LogP contribution in [0.15, 0.2) is 33.9 Å². The van der Waals surface area contributed by atoms with Crippen molar-refractivity contribution in [2.45, 2.75) is 26.7 Å². The lowest BCUT2D eigenvalue weighted by molar-refractivity contribution is -0.126. The zero-order chi connectivity index (χ0) is 20.4. The minimum absolute atomic E-state index is 0.00380. The van der Waals surface area contributed by atoms with E-state index in [1.807, 2.05) is 13.8 Å². The van der Waals surface area contributed by atoms with Crippen molar-refractivity contribution in [3.8, 4) is 5.75 Å². The minimum Gasteiger partial charge on any atom is -0.436 e. The maximum atomic E-state index is 12.0. The van der Waals surface area contributed by atoms with E-state index in [1.165, 1.54) is 12.1 Å². The third-order valence-electron chi connectivity index (χ3n) is 4.48. The van der Waals surface area contributed by atoms with Gasteiger partial charge in [-0.1, -0.05) is 37.0 Å². The minimum atomic E-state index is -0.473. The number of aliphatic imine (C=N–C) groups is 1. The van der Waals surface area contributed by atoms with Gasteiger partial charge in [0.25, 0.3) is 0 Å². The summed E-state index contributed by atoms with van der Waals surface area (Å²) in [4.78, 5) is 39.4. The molecule has 1 aromatic rings. The fourth-order valence-electron chi connectivity index (χ4n) is 2.77. The average molecular weight is 422 g/mol. The summed E-state index contributed by atoms with van der Waals surface area (Å²) in [5.41, 5.74) is 3.33. The Morgan fingerprint density at radius 3 is 2.46 bits per heavy atom. The van der Waals surface area contributed by atoms with Crippen molar-refractivity contribution in [1.82, 2.24) is 5.43 Å². The van der Waals surface area contributed by atoms with Gasteiger partial charge in [-0.2, -0.15) is 5.10 Å². The van der Waals surface area contributed by atoms with Gasteiger partial charge in [0, 0.05) is 17.2 Å². The Hall–Kier alpha value is -2.51. The second-order valence-corrected chi connectivity index (χ2v) is 7.27. The molecule has 146 valence electrons. The zero-order valence-corrected chi connectivity index (χ0v) is 16.7. The van der Waals surface area contributed by atoms with E-state index in [1.54, 1.807) is 6.08 Å². The molecule has 0 radical (unpaired) electrons. The third kappa shape index (κ3) is 4.15. The number of hydrogen-bond donors (Lipinski definition) is 1. The smallest absolute Gasteiger partial charge is 0.247 e. The highest BCUT2D eigenvalue weighted by molar-refractivity contribution is 6.50. The molecule has 2 aliphatic heterocycles. The maximum Gasteiger partial charge on any atom is 0.247 e. The van der Waals surface area contributed by atoms with Gasteiger partial charge in [0.1, 0.15) is 12.3 Å². The zero-order valence-electron chi connectivity index (χ0n) is 15.2. The Labute approximate surface area is 171 Å². The van der Waals surface area contributed by atoms with Crippen LogP contribution in [-0.4, -0.2) is 35.6 Å². The molecule has 0 unspecified atom stereocenters. The van der Waals surface area contributed by atoms with Crippen molar-refractivity contribution in [3.63, 3.8) is 0 Å². The van der Waals surface area contributed by atoms with Crippen LogP contribution in [0, 0.1) is 5.92 Å². The van der Waals surface area contributed by atoms with Crippen molar-refractivity contribution in [2.24, 2.45) is 16.0 Å². The molecule has 0 aromatic heterocycles. The number of halogens is 2. The van der Waals surface area contributed by atoms with Crippen LogP contribution in [0.4, 0.5) is 0 Å². The third-order valence-corrected chi connectivity index (χ3v) is 5.04. The predicted octanol–water partition coefficient (Wildman–Crippen LogP) is 3.12. The number of carbonyl (C=O) groups is 3. The fourth-order valence-corrected chi connectivity index (χ4v) is 3.34. The van der Waals surface area contributed by atoms with Crippen LogP contribution < -0.4 is 10.2 Å². The number of hydrogen-bond acceptors (Lipinski definition) is 6. The molecule has 1 atom stereocenters. The average Bonchev–Trinajstić information content (AvgIpc) is 2.65. The summed E-state index contributed by atoms with van der Waals surface area (Å²) in [6.07, 6.45) is 2.12. The van der Waals surface area contributed by atoms with Gasteiger partial charge in [-0.25, -0.2) is 10.4 Å². The molecule has 1 amide bonds. The highest BCUT2D eigenvalue weighted by Gasteiger charge is 2.25. The van der Waals surface area contributed by atoms with E-state index < -0.39 is 11.7 Å². The largest absolute Gasteiger partial charge is 0.436 e.